The number of anilines is 1. The van der Waals surface area contributed by atoms with E-state index >= 15 is 0 Å². The molecule has 2 aliphatic rings. The summed E-state index contributed by atoms with van der Waals surface area (Å²) in [4.78, 5) is 17.9. The first kappa shape index (κ1) is 20.0. The number of amides is 1. The largest absolute Gasteiger partial charge is 0.496 e. The van der Waals surface area contributed by atoms with Gasteiger partial charge in [-0.15, -0.1) is 0 Å². The van der Waals surface area contributed by atoms with Crippen molar-refractivity contribution in [2.24, 2.45) is 0 Å². The Hall–Kier alpha value is -2.33. The van der Waals surface area contributed by atoms with Crippen molar-refractivity contribution in [1.29, 1.82) is 0 Å². The van der Waals surface area contributed by atoms with Gasteiger partial charge in [0.15, 0.2) is 0 Å². The van der Waals surface area contributed by atoms with Gasteiger partial charge in [0, 0.05) is 35.3 Å². The van der Waals surface area contributed by atoms with Crippen LogP contribution in [0.25, 0.3) is 0 Å². The van der Waals surface area contributed by atoms with Crippen molar-refractivity contribution in [2.45, 2.75) is 51.5 Å². The third-order valence-electron chi connectivity index (χ3n) is 6.41. The molecule has 154 valence electrons. The van der Waals surface area contributed by atoms with Crippen molar-refractivity contribution in [3.63, 3.8) is 0 Å². The minimum atomic E-state index is 0.0999. The van der Waals surface area contributed by atoms with Gasteiger partial charge in [0.05, 0.1) is 7.11 Å². The van der Waals surface area contributed by atoms with Gasteiger partial charge < -0.3 is 14.5 Å². The Bertz CT molecular complexity index is 859. The number of hydrogen-bond donors (Lipinski definition) is 0. The van der Waals surface area contributed by atoms with E-state index in [1.165, 1.54) is 24.0 Å². The molecule has 1 aliphatic heterocycles. The predicted octanol–water partition coefficient (Wildman–Crippen LogP) is 4.88. The fraction of sp³-hybridized carbons (Fsp3) is 0.480. The summed E-state index contributed by atoms with van der Waals surface area (Å²) < 4.78 is 5.75. The molecule has 0 saturated carbocycles. The summed E-state index contributed by atoms with van der Waals surface area (Å²) in [6.07, 6.45) is 4.47. The molecular weight excluding hydrogens is 360 g/mol. The lowest BCUT2D eigenvalue weighted by Crippen LogP contribution is -2.41. The Labute approximate surface area is 174 Å². The lowest BCUT2D eigenvalue weighted by molar-refractivity contribution is 0.0986. The lowest BCUT2D eigenvalue weighted by Gasteiger charge is -2.37. The first-order chi connectivity index (χ1) is 14.2. The Morgan fingerprint density at radius 2 is 1.83 bits per heavy atom. The molecule has 4 rings (SSSR count). The maximum atomic E-state index is 13.3. The van der Waals surface area contributed by atoms with Gasteiger partial charge in [-0.1, -0.05) is 32.0 Å². The van der Waals surface area contributed by atoms with E-state index in [-0.39, 0.29) is 5.91 Å². The molecule has 0 fully saturated rings. The van der Waals surface area contributed by atoms with E-state index < -0.39 is 0 Å². The van der Waals surface area contributed by atoms with Gasteiger partial charge in [-0.25, -0.2) is 0 Å². The predicted molar refractivity (Wildman–Crippen MR) is 118 cm³/mol. The number of benzene rings is 2. The highest BCUT2D eigenvalue weighted by Crippen LogP contribution is 2.48. The maximum absolute atomic E-state index is 13.3. The number of hydrogen-bond acceptors (Lipinski definition) is 3. The van der Waals surface area contributed by atoms with E-state index in [1.807, 2.05) is 41.3 Å². The van der Waals surface area contributed by atoms with Crippen molar-refractivity contribution >= 4 is 11.6 Å². The van der Waals surface area contributed by atoms with Crippen molar-refractivity contribution < 1.29 is 9.53 Å². The summed E-state index contributed by atoms with van der Waals surface area (Å²) in [5.74, 6) is 1.46. The molecule has 0 spiro atoms. The lowest BCUT2D eigenvalue weighted by atomic mass is 9.80. The highest BCUT2D eigenvalue weighted by molar-refractivity contribution is 6.07. The van der Waals surface area contributed by atoms with E-state index in [0.717, 1.165) is 49.5 Å². The molecule has 29 heavy (non-hydrogen) atoms. The van der Waals surface area contributed by atoms with Crippen molar-refractivity contribution in [3.05, 3.63) is 59.2 Å². The van der Waals surface area contributed by atoms with Gasteiger partial charge in [0.1, 0.15) is 5.75 Å². The Morgan fingerprint density at radius 3 is 2.48 bits per heavy atom. The highest BCUT2D eigenvalue weighted by atomic mass is 16.5. The molecule has 2 aromatic carbocycles. The van der Waals surface area contributed by atoms with E-state index in [4.69, 9.17) is 4.74 Å². The van der Waals surface area contributed by atoms with E-state index in [9.17, 15) is 4.79 Å². The molecule has 0 aromatic heterocycles. The molecule has 4 nitrogen and oxygen atoms in total. The Morgan fingerprint density at radius 1 is 1.10 bits per heavy atom. The molecule has 2 aromatic rings. The zero-order valence-corrected chi connectivity index (χ0v) is 17.9. The van der Waals surface area contributed by atoms with Crippen LogP contribution in [0.2, 0.25) is 0 Å². The Kier molecular flexibility index (Phi) is 5.91. The van der Waals surface area contributed by atoms with E-state index in [1.54, 1.807) is 7.11 Å². The second-order valence-electron chi connectivity index (χ2n) is 8.29. The van der Waals surface area contributed by atoms with Gasteiger partial charge in [0.2, 0.25) is 0 Å². The first-order valence-corrected chi connectivity index (χ1v) is 11.0. The molecule has 4 heteroatoms. The standard InChI is InChI=1S/C25H32N2O2/c1-4-13-26(14-5-2)20-15-19-17-27(25(28)18-9-7-6-8-10-18)22-11-12-23(29-3)21(16-20)24(19)22/h6-12,19-20H,4-5,13-17H2,1-3H3/t19-,20+/m0/s1. The van der Waals surface area contributed by atoms with Crippen LogP contribution in [0.5, 0.6) is 5.75 Å². The number of ether oxygens (including phenoxy) is 1. The zero-order valence-electron chi connectivity index (χ0n) is 17.9. The second kappa shape index (κ2) is 8.58. The Balaban J connectivity index is 1.69. The molecule has 1 aliphatic carbocycles. The number of carbonyl (C=O) groups is 1. The summed E-state index contributed by atoms with van der Waals surface area (Å²) in [6, 6.07) is 14.3. The third kappa shape index (κ3) is 3.66. The summed E-state index contributed by atoms with van der Waals surface area (Å²) in [5.41, 5.74) is 4.49. The number of nitrogens with zero attached hydrogens (tertiary/aromatic N) is 2. The van der Waals surface area contributed by atoms with Gasteiger partial charge in [-0.3, -0.25) is 4.79 Å². The molecule has 0 unspecified atom stereocenters. The van der Waals surface area contributed by atoms with Gasteiger partial charge in [-0.05, 0) is 68.6 Å². The quantitative estimate of drug-likeness (QED) is 0.673. The number of rotatable bonds is 7. The van der Waals surface area contributed by atoms with Crippen LogP contribution >= 0.6 is 0 Å². The van der Waals surface area contributed by atoms with Crippen LogP contribution in [0, 0.1) is 0 Å². The smallest absolute Gasteiger partial charge is 0.258 e. The van der Waals surface area contributed by atoms with Crippen LogP contribution < -0.4 is 9.64 Å². The summed E-state index contributed by atoms with van der Waals surface area (Å²) in [7, 11) is 1.76. The van der Waals surface area contributed by atoms with Crippen molar-refractivity contribution in [2.75, 3.05) is 31.6 Å². The van der Waals surface area contributed by atoms with Gasteiger partial charge in [0.25, 0.3) is 5.91 Å². The minimum Gasteiger partial charge on any atom is -0.496 e. The fourth-order valence-corrected chi connectivity index (χ4v) is 5.23. The van der Waals surface area contributed by atoms with Crippen LogP contribution in [0.3, 0.4) is 0 Å². The number of methoxy groups -OCH3 is 1. The molecule has 1 heterocycles. The molecule has 2 atom stereocenters. The van der Waals surface area contributed by atoms with Gasteiger partial charge in [-0.2, -0.15) is 0 Å². The summed E-state index contributed by atoms with van der Waals surface area (Å²) >= 11 is 0. The van der Waals surface area contributed by atoms with Crippen LogP contribution in [-0.2, 0) is 6.42 Å². The van der Waals surface area contributed by atoms with Crippen LogP contribution in [0.4, 0.5) is 5.69 Å². The van der Waals surface area contributed by atoms with Crippen molar-refractivity contribution in [3.8, 4) is 5.75 Å². The maximum Gasteiger partial charge on any atom is 0.258 e. The van der Waals surface area contributed by atoms with E-state index in [2.05, 4.69) is 24.8 Å². The molecule has 0 saturated heterocycles. The van der Waals surface area contributed by atoms with E-state index in [0.29, 0.717) is 12.0 Å². The minimum absolute atomic E-state index is 0.0999. The number of carbonyl (C=O) groups excluding carboxylic acids is 1. The molecule has 0 radical (unpaired) electrons. The average molecular weight is 393 g/mol. The van der Waals surface area contributed by atoms with Gasteiger partial charge >= 0.3 is 0 Å². The zero-order chi connectivity index (χ0) is 20.4. The monoisotopic (exact) mass is 392 g/mol. The average Bonchev–Trinajstić information content (AvgIpc) is 3.13. The molecular formula is C25H32N2O2. The van der Waals surface area contributed by atoms with Crippen LogP contribution in [-0.4, -0.2) is 43.6 Å². The molecule has 1 amide bonds. The van der Waals surface area contributed by atoms with Crippen LogP contribution in [0.15, 0.2) is 42.5 Å². The third-order valence-corrected chi connectivity index (χ3v) is 6.41. The van der Waals surface area contributed by atoms with Crippen molar-refractivity contribution in [1.82, 2.24) is 4.90 Å². The highest BCUT2D eigenvalue weighted by Gasteiger charge is 2.41. The first-order valence-electron chi connectivity index (χ1n) is 11.0. The topological polar surface area (TPSA) is 32.8 Å². The normalized spacial score (nSPS) is 20.1. The summed E-state index contributed by atoms with van der Waals surface area (Å²) in [5, 5.41) is 0. The molecule has 0 bridgehead atoms. The second-order valence-corrected chi connectivity index (χ2v) is 8.29. The fourth-order valence-electron chi connectivity index (χ4n) is 5.23. The van der Waals surface area contributed by atoms with Crippen LogP contribution in [0.1, 0.15) is 60.5 Å². The molecule has 0 N–H and O–H groups in total. The SMILES string of the molecule is CCCN(CCC)[C@H]1Cc2c(OC)ccc3c2[C@@H](C1)CN3C(=O)c1ccccc1. The summed E-state index contributed by atoms with van der Waals surface area (Å²) in [6.45, 7) is 7.55.